The maximum Gasteiger partial charge on any atom is 0.326 e. The summed E-state index contributed by atoms with van der Waals surface area (Å²) in [7, 11) is 0. The minimum Gasteiger partial charge on any atom is -0.480 e. The summed E-state index contributed by atoms with van der Waals surface area (Å²) in [6.45, 7) is 0. The molecule has 94 valence electrons. The normalized spacial score (nSPS) is 12.8. The summed E-state index contributed by atoms with van der Waals surface area (Å²) in [5.41, 5.74) is -0.642. The van der Waals surface area contributed by atoms with Gasteiger partial charge in [-0.2, -0.15) is 0 Å². The van der Waals surface area contributed by atoms with Gasteiger partial charge in [0.2, 0.25) is 0 Å². The van der Waals surface area contributed by atoms with Gasteiger partial charge < -0.3 is 5.11 Å². The fraction of sp³-hybridized carbons (Fsp3) is 0.222. The minimum absolute atomic E-state index is 0.535. The predicted octanol–water partition coefficient (Wildman–Crippen LogP) is 2.17. The summed E-state index contributed by atoms with van der Waals surface area (Å²) in [6.07, 6.45) is -0.981. The number of hydrogen-bond acceptors (Lipinski definition) is 2. The van der Waals surface area contributed by atoms with Gasteiger partial charge in [0.05, 0.1) is 0 Å². The first-order valence-electron chi connectivity index (χ1n) is 4.30. The molecule has 0 fully saturated rings. The van der Waals surface area contributed by atoms with Crippen LogP contribution in [-0.2, 0) is 11.2 Å². The second-order valence-electron chi connectivity index (χ2n) is 3.15. The third-order valence-electron chi connectivity index (χ3n) is 2.05. The highest BCUT2D eigenvalue weighted by atomic mass is 19.4. The maximum absolute atomic E-state index is 13.1. The lowest BCUT2D eigenvalue weighted by Gasteiger charge is -2.12. The van der Waals surface area contributed by atoms with Crippen LogP contribution in [0.2, 0.25) is 0 Å². The zero-order chi connectivity index (χ0) is 13.2. The number of rotatable bonds is 4. The van der Waals surface area contributed by atoms with Crippen molar-refractivity contribution in [2.45, 2.75) is 12.5 Å². The van der Waals surface area contributed by atoms with Gasteiger partial charge in [-0.15, -0.1) is 8.96 Å². The standard InChI is InChI=1S/C9H6F5NO2/c10-5-2-1-4(7(11)8(5)12)3-6(9(16)17)15(13)14/h1-2,6H,3H2,(H,16,17)/t6-/m1/s1. The largest absolute Gasteiger partial charge is 0.480 e. The first-order valence-corrected chi connectivity index (χ1v) is 4.30. The summed E-state index contributed by atoms with van der Waals surface area (Å²) in [5, 5.41) is 6.77. The average Bonchev–Trinajstić information content (AvgIpc) is 2.24. The molecule has 0 bridgehead atoms. The molecule has 8 heteroatoms. The van der Waals surface area contributed by atoms with Crippen molar-refractivity contribution >= 4 is 5.97 Å². The Morgan fingerprint density at radius 3 is 2.29 bits per heavy atom. The third kappa shape index (κ3) is 2.90. The van der Waals surface area contributed by atoms with Crippen molar-refractivity contribution in [3.63, 3.8) is 0 Å². The fourth-order valence-electron chi connectivity index (χ4n) is 1.17. The molecule has 0 saturated carbocycles. The van der Waals surface area contributed by atoms with Crippen molar-refractivity contribution in [2.24, 2.45) is 0 Å². The Hall–Kier alpha value is -1.70. The van der Waals surface area contributed by atoms with Gasteiger partial charge in [0.15, 0.2) is 23.5 Å². The van der Waals surface area contributed by atoms with E-state index in [4.69, 9.17) is 5.11 Å². The summed E-state index contributed by atoms with van der Waals surface area (Å²) in [6, 6.07) is -1.07. The van der Waals surface area contributed by atoms with Crippen LogP contribution >= 0.6 is 0 Å². The van der Waals surface area contributed by atoms with Gasteiger partial charge in [0.25, 0.3) is 0 Å². The maximum atomic E-state index is 13.1. The van der Waals surface area contributed by atoms with Gasteiger partial charge >= 0.3 is 5.97 Å². The van der Waals surface area contributed by atoms with E-state index in [1.807, 2.05) is 0 Å². The predicted molar refractivity (Wildman–Crippen MR) is 45.5 cm³/mol. The van der Waals surface area contributed by atoms with Gasteiger partial charge in [0, 0.05) is 11.8 Å². The fourth-order valence-corrected chi connectivity index (χ4v) is 1.17. The molecule has 0 saturated heterocycles. The van der Waals surface area contributed by atoms with Gasteiger partial charge in [-0.25, -0.2) is 13.2 Å². The molecule has 0 radical (unpaired) electrons. The van der Waals surface area contributed by atoms with E-state index in [-0.39, 0.29) is 0 Å². The van der Waals surface area contributed by atoms with Crippen molar-refractivity contribution in [1.82, 2.24) is 5.34 Å². The van der Waals surface area contributed by atoms with Crippen molar-refractivity contribution in [3.8, 4) is 0 Å². The van der Waals surface area contributed by atoms with Crippen molar-refractivity contribution in [2.75, 3.05) is 0 Å². The molecule has 17 heavy (non-hydrogen) atoms. The van der Waals surface area contributed by atoms with Gasteiger partial charge in [-0.1, -0.05) is 6.07 Å². The Kier molecular flexibility index (Phi) is 4.00. The number of benzene rings is 1. The molecule has 0 aliphatic carbocycles. The molecule has 3 nitrogen and oxygen atoms in total. The first kappa shape index (κ1) is 13.4. The minimum atomic E-state index is -2.32. The molecule has 0 aliphatic rings. The lowest BCUT2D eigenvalue weighted by Crippen LogP contribution is -2.33. The topological polar surface area (TPSA) is 40.5 Å². The van der Waals surface area contributed by atoms with Gasteiger partial charge in [-0.05, 0) is 11.6 Å². The van der Waals surface area contributed by atoms with Crippen LogP contribution in [0.5, 0.6) is 0 Å². The first-order chi connectivity index (χ1) is 7.84. The van der Waals surface area contributed by atoms with E-state index >= 15 is 0 Å². The van der Waals surface area contributed by atoms with E-state index in [0.717, 1.165) is 0 Å². The number of hydrogen-bond donors (Lipinski definition) is 1. The Balaban J connectivity index is 3.02. The molecule has 1 N–H and O–H groups in total. The molecule has 0 heterocycles. The molecule has 1 aromatic rings. The van der Waals surface area contributed by atoms with Crippen LogP contribution in [0.3, 0.4) is 0 Å². The van der Waals surface area contributed by atoms with Crippen molar-refractivity contribution < 1.29 is 32.0 Å². The molecule has 0 amide bonds. The van der Waals surface area contributed by atoms with E-state index in [0.29, 0.717) is 12.1 Å². The number of carboxylic acids is 1. The van der Waals surface area contributed by atoms with E-state index in [9.17, 15) is 26.9 Å². The third-order valence-corrected chi connectivity index (χ3v) is 2.05. The van der Waals surface area contributed by atoms with Crippen LogP contribution in [-0.4, -0.2) is 22.5 Å². The number of carboxylic acid groups (broad SMARTS) is 1. The van der Waals surface area contributed by atoms with E-state index in [1.165, 1.54) is 0 Å². The van der Waals surface area contributed by atoms with Crippen LogP contribution in [0.4, 0.5) is 22.1 Å². The zero-order valence-corrected chi connectivity index (χ0v) is 8.13. The van der Waals surface area contributed by atoms with Crippen LogP contribution in [0.15, 0.2) is 12.1 Å². The molecule has 1 atom stereocenters. The molecular formula is C9H6F5NO2. The zero-order valence-electron chi connectivity index (χ0n) is 8.13. The molecule has 1 aromatic carbocycles. The molecule has 0 unspecified atom stereocenters. The quantitative estimate of drug-likeness (QED) is 0.509. The Morgan fingerprint density at radius 2 is 1.82 bits per heavy atom. The lowest BCUT2D eigenvalue weighted by atomic mass is 10.1. The molecule has 1 rings (SSSR count). The van der Waals surface area contributed by atoms with Crippen LogP contribution in [0, 0.1) is 17.5 Å². The Labute approximate surface area is 91.9 Å². The summed E-state index contributed by atoms with van der Waals surface area (Å²) < 4.78 is 62.6. The summed E-state index contributed by atoms with van der Waals surface area (Å²) in [5.74, 6) is -6.87. The smallest absolute Gasteiger partial charge is 0.326 e. The Bertz CT molecular complexity index is 438. The molecule has 0 spiro atoms. The summed E-state index contributed by atoms with van der Waals surface area (Å²) >= 11 is 0. The van der Waals surface area contributed by atoms with E-state index in [1.54, 1.807) is 0 Å². The summed E-state index contributed by atoms with van der Waals surface area (Å²) in [4.78, 5) is 10.4. The van der Waals surface area contributed by atoms with Crippen LogP contribution in [0.25, 0.3) is 0 Å². The highest BCUT2D eigenvalue weighted by molar-refractivity contribution is 5.73. The van der Waals surface area contributed by atoms with Gasteiger partial charge in [-0.3, -0.25) is 4.79 Å². The SMILES string of the molecule is O=C(O)[C@@H](Cc1ccc(F)c(F)c1F)N(F)F. The van der Waals surface area contributed by atoms with Crippen molar-refractivity contribution in [1.29, 1.82) is 0 Å². The highest BCUT2D eigenvalue weighted by Gasteiger charge is 2.28. The van der Waals surface area contributed by atoms with E-state index < -0.39 is 46.8 Å². The van der Waals surface area contributed by atoms with E-state index in [2.05, 4.69) is 0 Å². The number of nitrogens with zero attached hydrogens (tertiary/aromatic N) is 1. The number of aliphatic carboxylic acids is 1. The Morgan fingerprint density at radius 1 is 1.24 bits per heavy atom. The van der Waals surface area contributed by atoms with Crippen molar-refractivity contribution in [3.05, 3.63) is 35.1 Å². The average molecular weight is 255 g/mol. The highest BCUT2D eigenvalue weighted by Crippen LogP contribution is 2.18. The molecular weight excluding hydrogens is 249 g/mol. The molecule has 0 aliphatic heterocycles. The second-order valence-corrected chi connectivity index (χ2v) is 3.15. The van der Waals surface area contributed by atoms with Crippen LogP contribution in [0.1, 0.15) is 5.56 Å². The van der Waals surface area contributed by atoms with Gasteiger partial charge in [0.1, 0.15) is 0 Å². The monoisotopic (exact) mass is 255 g/mol. The second kappa shape index (κ2) is 5.09. The number of carbonyl (C=O) groups is 1. The lowest BCUT2D eigenvalue weighted by molar-refractivity contribution is -0.201. The molecule has 0 aromatic heterocycles. The van der Waals surface area contributed by atoms with Crippen LogP contribution < -0.4 is 0 Å². The number of halogens is 5.